The van der Waals surface area contributed by atoms with Crippen LogP contribution in [0.4, 0.5) is 11.4 Å². The minimum absolute atomic E-state index is 0. The van der Waals surface area contributed by atoms with E-state index < -0.39 is 0 Å². The van der Waals surface area contributed by atoms with Crippen molar-refractivity contribution in [1.82, 2.24) is 0 Å². The van der Waals surface area contributed by atoms with Crippen molar-refractivity contribution >= 4 is 35.6 Å². The predicted octanol–water partition coefficient (Wildman–Crippen LogP) is 2.83. The Labute approximate surface area is 137 Å². The second-order valence-electron chi connectivity index (χ2n) is 5.69. The summed E-state index contributed by atoms with van der Waals surface area (Å²) in [6.45, 7) is 3.73. The summed E-state index contributed by atoms with van der Waals surface area (Å²) < 4.78 is 0. The first-order valence-corrected chi connectivity index (χ1v) is 7.46. The summed E-state index contributed by atoms with van der Waals surface area (Å²) >= 11 is 0. The highest BCUT2D eigenvalue weighted by Crippen LogP contribution is 2.27. The van der Waals surface area contributed by atoms with Crippen molar-refractivity contribution in [3.8, 4) is 0 Å². The Morgan fingerprint density at radius 2 is 2.00 bits per heavy atom. The summed E-state index contributed by atoms with van der Waals surface area (Å²) in [5.41, 5.74) is 8.27. The summed E-state index contributed by atoms with van der Waals surface area (Å²) in [6, 6.07) is 5.66. The van der Waals surface area contributed by atoms with Gasteiger partial charge in [-0.25, -0.2) is 0 Å². The molecule has 6 heteroatoms. The van der Waals surface area contributed by atoms with E-state index in [1.807, 2.05) is 19.1 Å². The third-order valence-corrected chi connectivity index (χ3v) is 3.94. The van der Waals surface area contributed by atoms with Crippen molar-refractivity contribution in [2.75, 3.05) is 10.6 Å². The normalized spacial score (nSPS) is 20.1. The lowest BCUT2D eigenvalue weighted by atomic mass is 10.1. The van der Waals surface area contributed by atoms with Gasteiger partial charge in [0.1, 0.15) is 0 Å². The standard InChI is InChI=1S/C16H23N3O2.ClH/c1-3-15(20)18-13-7-4-10(2)14(9-13)19-16(21)11-5-6-12(17)8-11;/h4,7,9,11-12H,3,5-6,8,17H2,1-2H3,(H,18,20)(H,19,21);1H. The number of nitrogens with one attached hydrogen (secondary N) is 2. The number of halogens is 1. The molecule has 0 saturated heterocycles. The smallest absolute Gasteiger partial charge is 0.227 e. The number of hydrogen-bond acceptors (Lipinski definition) is 3. The second kappa shape index (κ2) is 8.15. The average Bonchev–Trinajstić information content (AvgIpc) is 2.89. The number of nitrogens with two attached hydrogens (primary N) is 1. The van der Waals surface area contributed by atoms with Crippen molar-refractivity contribution in [2.24, 2.45) is 11.7 Å². The number of anilines is 2. The Hall–Kier alpha value is -1.59. The lowest BCUT2D eigenvalue weighted by Crippen LogP contribution is -2.23. The molecule has 5 nitrogen and oxygen atoms in total. The molecule has 22 heavy (non-hydrogen) atoms. The Balaban J connectivity index is 0.00000242. The molecule has 2 rings (SSSR count). The van der Waals surface area contributed by atoms with E-state index >= 15 is 0 Å². The first-order valence-electron chi connectivity index (χ1n) is 7.46. The van der Waals surface area contributed by atoms with E-state index in [9.17, 15) is 9.59 Å². The topological polar surface area (TPSA) is 84.2 Å². The molecule has 1 aliphatic rings. The molecule has 1 fully saturated rings. The van der Waals surface area contributed by atoms with Gasteiger partial charge in [-0.2, -0.15) is 0 Å². The Morgan fingerprint density at radius 1 is 1.27 bits per heavy atom. The maximum atomic E-state index is 12.2. The molecule has 2 amide bonds. The molecule has 2 unspecified atom stereocenters. The van der Waals surface area contributed by atoms with Gasteiger partial charge < -0.3 is 16.4 Å². The molecule has 1 aromatic carbocycles. The highest BCUT2D eigenvalue weighted by atomic mass is 35.5. The van der Waals surface area contributed by atoms with Gasteiger partial charge in [-0.1, -0.05) is 13.0 Å². The number of hydrogen-bond donors (Lipinski definition) is 3. The summed E-state index contributed by atoms with van der Waals surface area (Å²) in [5.74, 6) is -0.0313. The number of amides is 2. The van der Waals surface area contributed by atoms with Crippen LogP contribution in [0.5, 0.6) is 0 Å². The molecule has 0 aromatic heterocycles. The van der Waals surface area contributed by atoms with Crippen molar-refractivity contribution < 1.29 is 9.59 Å². The van der Waals surface area contributed by atoms with E-state index in [0.717, 1.165) is 30.5 Å². The molecule has 1 aromatic rings. The maximum absolute atomic E-state index is 12.2. The molecule has 1 aliphatic carbocycles. The lowest BCUT2D eigenvalue weighted by Gasteiger charge is -2.14. The van der Waals surface area contributed by atoms with E-state index in [1.54, 1.807) is 13.0 Å². The van der Waals surface area contributed by atoms with E-state index in [2.05, 4.69) is 10.6 Å². The third kappa shape index (κ3) is 4.71. The average molecular weight is 326 g/mol. The molecule has 0 spiro atoms. The fourth-order valence-corrected chi connectivity index (χ4v) is 2.57. The van der Waals surface area contributed by atoms with Crippen LogP contribution in [0.3, 0.4) is 0 Å². The van der Waals surface area contributed by atoms with Gasteiger partial charge in [0, 0.05) is 29.8 Å². The van der Waals surface area contributed by atoms with Crippen LogP contribution in [0.1, 0.15) is 38.2 Å². The minimum Gasteiger partial charge on any atom is -0.328 e. The Morgan fingerprint density at radius 3 is 2.59 bits per heavy atom. The molecule has 1 saturated carbocycles. The summed E-state index contributed by atoms with van der Waals surface area (Å²) in [4.78, 5) is 23.7. The predicted molar refractivity (Wildman–Crippen MR) is 91.3 cm³/mol. The zero-order chi connectivity index (χ0) is 15.4. The lowest BCUT2D eigenvalue weighted by molar-refractivity contribution is -0.119. The Kier molecular flexibility index (Phi) is 6.84. The van der Waals surface area contributed by atoms with Crippen LogP contribution < -0.4 is 16.4 Å². The molecule has 0 aliphatic heterocycles. The van der Waals surface area contributed by atoms with Gasteiger partial charge >= 0.3 is 0 Å². The van der Waals surface area contributed by atoms with E-state index in [-0.39, 0.29) is 36.2 Å². The van der Waals surface area contributed by atoms with Crippen LogP contribution in [0.2, 0.25) is 0 Å². The van der Waals surface area contributed by atoms with Gasteiger partial charge in [0.2, 0.25) is 11.8 Å². The number of aryl methyl sites for hydroxylation is 1. The fourth-order valence-electron chi connectivity index (χ4n) is 2.57. The van der Waals surface area contributed by atoms with Crippen molar-refractivity contribution in [1.29, 1.82) is 0 Å². The largest absolute Gasteiger partial charge is 0.328 e. The molecule has 0 radical (unpaired) electrons. The molecule has 2 atom stereocenters. The highest BCUT2D eigenvalue weighted by Gasteiger charge is 2.27. The molecular formula is C16H24ClN3O2. The van der Waals surface area contributed by atoms with Crippen LogP contribution in [-0.4, -0.2) is 17.9 Å². The number of carbonyl (C=O) groups excluding carboxylic acids is 2. The zero-order valence-electron chi connectivity index (χ0n) is 13.0. The Bertz CT molecular complexity index is 548. The van der Waals surface area contributed by atoms with Gasteiger partial charge in [-0.15, -0.1) is 12.4 Å². The molecule has 4 N–H and O–H groups in total. The van der Waals surface area contributed by atoms with E-state index in [1.165, 1.54) is 0 Å². The molecule has 0 bridgehead atoms. The first kappa shape index (κ1) is 18.5. The van der Waals surface area contributed by atoms with Crippen LogP contribution in [0, 0.1) is 12.8 Å². The molecular weight excluding hydrogens is 302 g/mol. The third-order valence-electron chi connectivity index (χ3n) is 3.94. The van der Waals surface area contributed by atoms with Crippen molar-refractivity contribution in [3.05, 3.63) is 23.8 Å². The number of benzene rings is 1. The highest BCUT2D eigenvalue weighted by molar-refractivity contribution is 5.95. The first-order chi connectivity index (χ1) is 9.99. The van der Waals surface area contributed by atoms with Crippen LogP contribution in [0.25, 0.3) is 0 Å². The minimum atomic E-state index is -0.0436. The number of rotatable bonds is 4. The van der Waals surface area contributed by atoms with Crippen LogP contribution in [0.15, 0.2) is 18.2 Å². The second-order valence-corrected chi connectivity index (χ2v) is 5.69. The van der Waals surface area contributed by atoms with Gasteiger partial charge in [0.15, 0.2) is 0 Å². The summed E-state index contributed by atoms with van der Waals surface area (Å²) in [5, 5.41) is 5.76. The number of carbonyl (C=O) groups is 2. The van der Waals surface area contributed by atoms with Gasteiger partial charge in [-0.05, 0) is 43.9 Å². The summed E-state index contributed by atoms with van der Waals surface area (Å²) in [6.07, 6.45) is 2.93. The quantitative estimate of drug-likeness (QED) is 0.795. The SMILES string of the molecule is CCC(=O)Nc1ccc(C)c(NC(=O)C2CCC(N)C2)c1.Cl. The molecule has 0 heterocycles. The van der Waals surface area contributed by atoms with Crippen LogP contribution >= 0.6 is 12.4 Å². The monoisotopic (exact) mass is 325 g/mol. The fraction of sp³-hybridized carbons (Fsp3) is 0.500. The van der Waals surface area contributed by atoms with E-state index in [0.29, 0.717) is 12.1 Å². The van der Waals surface area contributed by atoms with Gasteiger partial charge in [-0.3, -0.25) is 9.59 Å². The van der Waals surface area contributed by atoms with E-state index in [4.69, 9.17) is 5.73 Å². The van der Waals surface area contributed by atoms with Crippen molar-refractivity contribution in [3.63, 3.8) is 0 Å². The zero-order valence-corrected chi connectivity index (χ0v) is 13.8. The summed E-state index contributed by atoms with van der Waals surface area (Å²) in [7, 11) is 0. The van der Waals surface area contributed by atoms with Crippen molar-refractivity contribution in [2.45, 2.75) is 45.6 Å². The van der Waals surface area contributed by atoms with Gasteiger partial charge in [0.05, 0.1) is 0 Å². The van der Waals surface area contributed by atoms with Crippen LogP contribution in [-0.2, 0) is 9.59 Å². The molecule has 122 valence electrons. The van der Waals surface area contributed by atoms with Gasteiger partial charge in [0.25, 0.3) is 0 Å². The maximum Gasteiger partial charge on any atom is 0.227 e.